The first-order valence-electron chi connectivity index (χ1n) is 3.71. The lowest BCUT2D eigenvalue weighted by Crippen LogP contribution is -1.99. The van der Waals surface area contributed by atoms with Crippen LogP contribution >= 0.6 is 11.8 Å². The van der Waals surface area contributed by atoms with Gasteiger partial charge in [-0.25, -0.2) is 0 Å². The maximum absolute atomic E-state index is 8.82. The van der Waals surface area contributed by atoms with Gasteiger partial charge in [0.05, 0.1) is 11.1 Å². The predicted octanol–water partition coefficient (Wildman–Crippen LogP) is 2.88. The highest BCUT2D eigenvalue weighted by Gasteiger charge is 2.19. The highest BCUT2D eigenvalue weighted by atomic mass is 32.2. The molecule has 64 valence electrons. The average molecular weight is 188 g/mol. The highest BCUT2D eigenvalue weighted by molar-refractivity contribution is 8.06. The molecule has 2 nitrogen and oxygen atoms in total. The molecule has 0 N–H and O–H groups in total. The Kier molecular flexibility index (Phi) is 2.60. The Labute approximate surface area is 81.9 Å². The third-order valence-electron chi connectivity index (χ3n) is 1.84. The molecular weight excluding hydrogens is 180 g/mol. The average Bonchev–Trinajstić information content (AvgIpc) is 2.04. The minimum absolute atomic E-state index is 0.534. The smallest absolute Gasteiger partial charge is 0.101 e. The van der Waals surface area contributed by atoms with Crippen LogP contribution in [0.2, 0.25) is 0 Å². The first-order chi connectivity index (χ1) is 6.11. The molecule has 0 fully saturated rings. The molecule has 3 heteroatoms. The van der Waals surface area contributed by atoms with Crippen molar-refractivity contribution in [2.45, 2.75) is 13.8 Å². The van der Waals surface area contributed by atoms with Crippen LogP contribution in [0.3, 0.4) is 0 Å². The maximum Gasteiger partial charge on any atom is 0.101 e. The van der Waals surface area contributed by atoms with Gasteiger partial charge in [-0.05, 0) is 13.8 Å². The number of rotatable bonds is 0. The summed E-state index contributed by atoms with van der Waals surface area (Å²) in [7, 11) is 0. The van der Waals surface area contributed by atoms with E-state index in [2.05, 4.69) is 18.7 Å². The summed E-state index contributed by atoms with van der Waals surface area (Å²) in [5.41, 5.74) is 1.62. The van der Waals surface area contributed by atoms with E-state index >= 15 is 0 Å². The van der Waals surface area contributed by atoms with Crippen LogP contribution in [0.1, 0.15) is 13.8 Å². The fraction of sp³-hybridized carbons (Fsp3) is 0.200. The number of hydrogen-bond donors (Lipinski definition) is 0. The van der Waals surface area contributed by atoms with Crippen LogP contribution in [0.4, 0.5) is 0 Å². The van der Waals surface area contributed by atoms with Crippen LogP contribution in [-0.4, -0.2) is 0 Å². The van der Waals surface area contributed by atoms with Gasteiger partial charge < -0.3 is 0 Å². The SMILES string of the molecule is C=C1C(C#N)=C(C)SC(C)=C1C#N. The fourth-order valence-electron chi connectivity index (χ4n) is 1.17. The van der Waals surface area contributed by atoms with E-state index in [1.54, 1.807) is 0 Å². The summed E-state index contributed by atoms with van der Waals surface area (Å²) in [5.74, 6) is 0. The third kappa shape index (κ3) is 1.52. The van der Waals surface area contributed by atoms with Crippen molar-refractivity contribution in [3.63, 3.8) is 0 Å². The van der Waals surface area contributed by atoms with Gasteiger partial charge in [0.25, 0.3) is 0 Å². The van der Waals surface area contributed by atoms with E-state index in [9.17, 15) is 0 Å². The zero-order chi connectivity index (χ0) is 10.0. The molecule has 0 saturated heterocycles. The Hall–Kier alpha value is -1.45. The molecule has 0 spiro atoms. The lowest BCUT2D eigenvalue weighted by Gasteiger charge is -2.15. The second-order valence-electron chi connectivity index (χ2n) is 2.67. The second kappa shape index (κ2) is 3.51. The van der Waals surface area contributed by atoms with E-state index in [0.717, 1.165) is 9.81 Å². The van der Waals surface area contributed by atoms with E-state index in [-0.39, 0.29) is 0 Å². The van der Waals surface area contributed by atoms with Crippen LogP contribution in [0, 0.1) is 22.7 Å². The quantitative estimate of drug-likeness (QED) is 0.587. The zero-order valence-corrected chi connectivity index (χ0v) is 8.33. The third-order valence-corrected chi connectivity index (χ3v) is 2.86. The Morgan fingerprint density at radius 2 is 1.46 bits per heavy atom. The number of nitriles is 2. The molecule has 0 atom stereocenters. The molecule has 1 aliphatic rings. The predicted molar refractivity (Wildman–Crippen MR) is 53.4 cm³/mol. The van der Waals surface area contributed by atoms with Crippen molar-refractivity contribution < 1.29 is 0 Å². The molecule has 0 radical (unpaired) electrons. The standard InChI is InChI=1S/C10H8N2S/c1-6-9(4-11)7(2)13-8(3)10(6)5-12/h1H2,2-3H3. The van der Waals surface area contributed by atoms with Gasteiger partial charge in [0.1, 0.15) is 12.1 Å². The topological polar surface area (TPSA) is 47.6 Å². The molecule has 0 amide bonds. The van der Waals surface area contributed by atoms with Gasteiger partial charge in [0.15, 0.2) is 0 Å². The number of hydrogen-bond acceptors (Lipinski definition) is 3. The van der Waals surface area contributed by atoms with Crippen LogP contribution in [0.5, 0.6) is 0 Å². The number of allylic oxidation sites excluding steroid dienone is 5. The Morgan fingerprint density at radius 1 is 1.08 bits per heavy atom. The molecule has 0 aromatic heterocycles. The van der Waals surface area contributed by atoms with Crippen molar-refractivity contribution in [1.29, 1.82) is 10.5 Å². The molecule has 13 heavy (non-hydrogen) atoms. The van der Waals surface area contributed by atoms with Crippen molar-refractivity contribution in [1.82, 2.24) is 0 Å². The molecule has 0 aliphatic carbocycles. The van der Waals surface area contributed by atoms with Gasteiger partial charge in [0.2, 0.25) is 0 Å². The number of thioether (sulfide) groups is 1. The molecule has 0 saturated carbocycles. The van der Waals surface area contributed by atoms with Crippen molar-refractivity contribution in [2.75, 3.05) is 0 Å². The summed E-state index contributed by atoms with van der Waals surface area (Å²) in [6, 6.07) is 4.12. The molecule has 1 rings (SSSR count). The van der Waals surface area contributed by atoms with Gasteiger partial charge in [-0.15, -0.1) is 0 Å². The van der Waals surface area contributed by atoms with Crippen molar-refractivity contribution in [2.24, 2.45) is 0 Å². The molecule has 0 aromatic rings. The summed E-state index contributed by atoms with van der Waals surface area (Å²) >= 11 is 1.46. The maximum atomic E-state index is 8.82. The van der Waals surface area contributed by atoms with Crippen LogP contribution < -0.4 is 0 Å². The monoisotopic (exact) mass is 188 g/mol. The van der Waals surface area contributed by atoms with Gasteiger partial charge in [-0.3, -0.25) is 0 Å². The van der Waals surface area contributed by atoms with E-state index in [4.69, 9.17) is 10.5 Å². The molecule has 0 unspecified atom stereocenters. The molecule has 0 aromatic carbocycles. The van der Waals surface area contributed by atoms with Crippen LogP contribution in [0.15, 0.2) is 33.1 Å². The van der Waals surface area contributed by atoms with Gasteiger partial charge in [-0.2, -0.15) is 10.5 Å². The largest absolute Gasteiger partial charge is 0.192 e. The second-order valence-corrected chi connectivity index (χ2v) is 4.10. The summed E-state index contributed by atoms with van der Waals surface area (Å²) in [6.45, 7) is 7.48. The Bertz CT molecular complexity index is 375. The minimum Gasteiger partial charge on any atom is -0.192 e. The molecule has 1 heterocycles. The van der Waals surface area contributed by atoms with Crippen molar-refractivity contribution in [3.05, 3.63) is 33.1 Å². The lowest BCUT2D eigenvalue weighted by atomic mass is 10.0. The van der Waals surface area contributed by atoms with Gasteiger partial charge in [0, 0.05) is 15.4 Å². The summed E-state index contributed by atoms with van der Waals surface area (Å²) in [4.78, 5) is 1.84. The molecular formula is C10H8N2S. The van der Waals surface area contributed by atoms with Crippen molar-refractivity contribution in [3.8, 4) is 12.1 Å². The molecule has 0 bridgehead atoms. The van der Waals surface area contributed by atoms with Crippen LogP contribution in [0.25, 0.3) is 0 Å². The Balaban J connectivity index is 3.26. The van der Waals surface area contributed by atoms with Crippen molar-refractivity contribution >= 4 is 11.8 Å². The fourth-order valence-corrected chi connectivity index (χ4v) is 2.18. The minimum atomic E-state index is 0.534. The van der Waals surface area contributed by atoms with Crippen LogP contribution in [-0.2, 0) is 0 Å². The van der Waals surface area contributed by atoms with E-state index in [0.29, 0.717) is 16.7 Å². The Morgan fingerprint density at radius 3 is 1.77 bits per heavy atom. The van der Waals surface area contributed by atoms with Gasteiger partial charge in [-0.1, -0.05) is 18.3 Å². The lowest BCUT2D eigenvalue weighted by molar-refractivity contribution is 1.35. The summed E-state index contributed by atoms with van der Waals surface area (Å²) in [6.07, 6.45) is 0. The highest BCUT2D eigenvalue weighted by Crippen LogP contribution is 2.39. The van der Waals surface area contributed by atoms with E-state index < -0.39 is 0 Å². The summed E-state index contributed by atoms with van der Waals surface area (Å²) < 4.78 is 0. The number of nitrogens with zero attached hydrogens (tertiary/aromatic N) is 2. The first-order valence-corrected chi connectivity index (χ1v) is 4.53. The van der Waals surface area contributed by atoms with E-state index in [1.807, 2.05) is 13.8 Å². The van der Waals surface area contributed by atoms with E-state index in [1.165, 1.54) is 11.8 Å². The summed E-state index contributed by atoms with van der Waals surface area (Å²) in [5, 5.41) is 17.6. The zero-order valence-electron chi connectivity index (χ0n) is 7.51. The first kappa shape index (κ1) is 9.64. The normalized spacial score (nSPS) is 17.1. The molecule has 1 aliphatic heterocycles. The van der Waals surface area contributed by atoms with Gasteiger partial charge >= 0.3 is 0 Å².